The van der Waals surface area contributed by atoms with Gasteiger partial charge in [-0.25, -0.2) is 4.79 Å². The number of hydrogen-bond acceptors (Lipinski definition) is 2. The summed E-state index contributed by atoms with van der Waals surface area (Å²) in [4.78, 5) is 11.6. The molecule has 0 aliphatic carbocycles. The molecule has 1 aromatic rings. The molecule has 0 bridgehead atoms. The number of anilines is 1. The molecular formula is C13H18BrNO2. The van der Waals surface area contributed by atoms with Crippen LogP contribution in [0.25, 0.3) is 0 Å². The molecule has 1 amide bonds. The molecule has 0 fully saturated rings. The smallest absolute Gasteiger partial charge is 0.412 e. The summed E-state index contributed by atoms with van der Waals surface area (Å²) in [7, 11) is 0. The standard InChI is InChI=1S/C13H18BrNO2/c1-9-5-6-11(10(7-9)8-14)15-12(16)17-13(2,3)4/h5-7H,8H2,1-4H3,(H,15,16). The molecule has 0 spiro atoms. The first-order valence-corrected chi connectivity index (χ1v) is 6.59. The lowest BCUT2D eigenvalue weighted by atomic mass is 10.1. The van der Waals surface area contributed by atoms with Crippen molar-refractivity contribution in [1.82, 2.24) is 0 Å². The number of aryl methyl sites for hydroxylation is 1. The van der Waals surface area contributed by atoms with Crippen molar-refractivity contribution in [2.75, 3.05) is 5.32 Å². The minimum atomic E-state index is -0.483. The average molecular weight is 300 g/mol. The SMILES string of the molecule is Cc1ccc(NC(=O)OC(C)(C)C)c(CBr)c1. The molecule has 0 saturated heterocycles. The van der Waals surface area contributed by atoms with Crippen LogP contribution in [0.15, 0.2) is 18.2 Å². The maximum absolute atomic E-state index is 11.6. The van der Waals surface area contributed by atoms with E-state index in [1.54, 1.807) is 0 Å². The van der Waals surface area contributed by atoms with Gasteiger partial charge in [0.1, 0.15) is 5.60 Å². The highest BCUT2D eigenvalue weighted by Crippen LogP contribution is 2.21. The van der Waals surface area contributed by atoms with Crippen LogP contribution in [0.5, 0.6) is 0 Å². The molecular weight excluding hydrogens is 282 g/mol. The van der Waals surface area contributed by atoms with Crippen LogP contribution in [-0.2, 0) is 10.1 Å². The van der Waals surface area contributed by atoms with Gasteiger partial charge in [0.2, 0.25) is 0 Å². The van der Waals surface area contributed by atoms with Gasteiger partial charge < -0.3 is 4.74 Å². The van der Waals surface area contributed by atoms with Gasteiger partial charge in [-0.3, -0.25) is 5.32 Å². The Hall–Kier alpha value is -1.03. The minimum absolute atomic E-state index is 0.427. The van der Waals surface area contributed by atoms with E-state index in [9.17, 15) is 4.79 Å². The fraction of sp³-hybridized carbons (Fsp3) is 0.462. The second-order valence-corrected chi connectivity index (χ2v) is 5.48. The first kappa shape index (κ1) is 14.0. The fourth-order valence-corrected chi connectivity index (χ4v) is 1.83. The van der Waals surface area contributed by atoms with Gasteiger partial charge in [-0.2, -0.15) is 0 Å². The summed E-state index contributed by atoms with van der Waals surface area (Å²) >= 11 is 3.40. The number of halogens is 1. The summed E-state index contributed by atoms with van der Waals surface area (Å²) in [5.41, 5.74) is 2.50. The van der Waals surface area contributed by atoms with Crippen molar-refractivity contribution in [3.05, 3.63) is 29.3 Å². The van der Waals surface area contributed by atoms with Crippen molar-refractivity contribution in [3.63, 3.8) is 0 Å². The third-order valence-corrected chi connectivity index (χ3v) is 2.64. The largest absolute Gasteiger partial charge is 0.444 e. The molecule has 3 nitrogen and oxygen atoms in total. The molecule has 1 aromatic carbocycles. The highest BCUT2D eigenvalue weighted by molar-refractivity contribution is 9.08. The van der Waals surface area contributed by atoms with Gasteiger partial charge in [0.15, 0.2) is 0 Å². The van der Waals surface area contributed by atoms with E-state index in [0.717, 1.165) is 16.8 Å². The Balaban J connectivity index is 2.78. The maximum atomic E-state index is 11.6. The monoisotopic (exact) mass is 299 g/mol. The number of amides is 1. The third-order valence-electron chi connectivity index (χ3n) is 2.04. The van der Waals surface area contributed by atoms with Gasteiger partial charge in [0.25, 0.3) is 0 Å². The summed E-state index contributed by atoms with van der Waals surface area (Å²) < 4.78 is 5.21. The molecule has 0 saturated carbocycles. The Morgan fingerprint density at radius 2 is 2.06 bits per heavy atom. The fourth-order valence-electron chi connectivity index (χ4n) is 1.37. The lowest BCUT2D eigenvalue weighted by molar-refractivity contribution is 0.0636. The van der Waals surface area contributed by atoms with Crippen LogP contribution >= 0.6 is 15.9 Å². The van der Waals surface area contributed by atoms with Gasteiger partial charge in [-0.1, -0.05) is 33.6 Å². The molecule has 0 aliphatic rings. The lowest BCUT2D eigenvalue weighted by Crippen LogP contribution is -2.27. The Morgan fingerprint density at radius 3 is 2.59 bits per heavy atom. The number of benzene rings is 1. The molecule has 0 aromatic heterocycles. The van der Waals surface area contributed by atoms with Crippen molar-refractivity contribution in [3.8, 4) is 0 Å². The molecule has 0 unspecified atom stereocenters. The van der Waals surface area contributed by atoms with Crippen molar-refractivity contribution in [2.24, 2.45) is 0 Å². The van der Waals surface area contributed by atoms with Gasteiger partial charge in [0.05, 0.1) is 0 Å². The summed E-state index contributed by atoms with van der Waals surface area (Å²) in [5, 5.41) is 3.45. The molecule has 0 radical (unpaired) electrons. The zero-order valence-electron chi connectivity index (χ0n) is 10.6. The summed E-state index contributed by atoms with van der Waals surface area (Å²) in [6.07, 6.45) is -0.427. The van der Waals surface area contributed by atoms with Crippen LogP contribution in [0.2, 0.25) is 0 Å². The third kappa shape index (κ3) is 4.77. The maximum Gasteiger partial charge on any atom is 0.412 e. The molecule has 17 heavy (non-hydrogen) atoms. The predicted octanol–water partition coefficient (Wildman–Crippen LogP) is 4.24. The van der Waals surface area contributed by atoms with E-state index in [-0.39, 0.29) is 0 Å². The summed E-state index contributed by atoms with van der Waals surface area (Å²) in [5.74, 6) is 0. The Labute approximate surface area is 111 Å². The number of alkyl halides is 1. The minimum Gasteiger partial charge on any atom is -0.444 e. The van der Waals surface area contributed by atoms with E-state index in [4.69, 9.17) is 4.74 Å². The molecule has 0 heterocycles. The number of carbonyl (C=O) groups is 1. The van der Waals surface area contributed by atoms with Crippen LogP contribution in [0, 0.1) is 6.92 Å². The second kappa shape index (κ2) is 5.54. The lowest BCUT2D eigenvalue weighted by Gasteiger charge is -2.20. The normalized spacial score (nSPS) is 11.1. The van der Waals surface area contributed by atoms with Crippen LogP contribution in [0.1, 0.15) is 31.9 Å². The Bertz CT molecular complexity index is 410. The molecule has 94 valence electrons. The zero-order valence-corrected chi connectivity index (χ0v) is 12.2. The number of hydrogen-bond donors (Lipinski definition) is 1. The number of rotatable bonds is 2. The van der Waals surface area contributed by atoms with Gasteiger partial charge >= 0.3 is 6.09 Å². The quantitative estimate of drug-likeness (QED) is 0.830. The van der Waals surface area contributed by atoms with E-state index in [2.05, 4.69) is 21.2 Å². The van der Waals surface area contributed by atoms with Crippen molar-refractivity contribution < 1.29 is 9.53 Å². The average Bonchev–Trinajstić information content (AvgIpc) is 2.17. The van der Waals surface area contributed by atoms with E-state index in [1.165, 1.54) is 0 Å². The highest BCUT2D eigenvalue weighted by Gasteiger charge is 2.16. The van der Waals surface area contributed by atoms with Gasteiger partial charge in [-0.15, -0.1) is 0 Å². The topological polar surface area (TPSA) is 38.3 Å². The first-order valence-electron chi connectivity index (χ1n) is 5.47. The molecule has 1 rings (SSSR count). The van der Waals surface area contributed by atoms with Crippen LogP contribution in [-0.4, -0.2) is 11.7 Å². The van der Waals surface area contributed by atoms with Crippen LogP contribution in [0.3, 0.4) is 0 Å². The van der Waals surface area contributed by atoms with E-state index < -0.39 is 11.7 Å². The molecule has 1 N–H and O–H groups in total. The van der Waals surface area contributed by atoms with Gasteiger partial charge in [-0.05, 0) is 39.3 Å². The van der Waals surface area contributed by atoms with Gasteiger partial charge in [0, 0.05) is 11.0 Å². The number of ether oxygens (including phenoxy) is 1. The van der Waals surface area contributed by atoms with Crippen LogP contribution < -0.4 is 5.32 Å². The Kier molecular flexibility index (Phi) is 4.57. The number of carbonyl (C=O) groups excluding carboxylic acids is 1. The van der Waals surface area contributed by atoms with Crippen molar-refractivity contribution >= 4 is 27.7 Å². The molecule has 4 heteroatoms. The number of nitrogens with one attached hydrogen (secondary N) is 1. The molecule has 0 atom stereocenters. The van der Waals surface area contributed by atoms with Crippen LogP contribution in [0.4, 0.5) is 10.5 Å². The van der Waals surface area contributed by atoms with E-state index >= 15 is 0 Å². The van der Waals surface area contributed by atoms with Crippen molar-refractivity contribution in [2.45, 2.75) is 38.6 Å². The summed E-state index contributed by atoms with van der Waals surface area (Å²) in [6.45, 7) is 7.54. The van der Waals surface area contributed by atoms with E-state index in [1.807, 2.05) is 45.9 Å². The second-order valence-electron chi connectivity index (χ2n) is 4.92. The van der Waals surface area contributed by atoms with Crippen molar-refractivity contribution in [1.29, 1.82) is 0 Å². The predicted molar refractivity (Wildman–Crippen MR) is 73.7 cm³/mol. The molecule has 0 aliphatic heterocycles. The summed E-state index contributed by atoms with van der Waals surface area (Å²) in [6, 6.07) is 5.87. The zero-order chi connectivity index (χ0) is 13.1. The highest BCUT2D eigenvalue weighted by atomic mass is 79.9. The van der Waals surface area contributed by atoms with E-state index in [0.29, 0.717) is 5.33 Å². The Morgan fingerprint density at radius 1 is 1.41 bits per heavy atom. The first-order chi connectivity index (χ1) is 7.81.